The first-order valence-electron chi connectivity index (χ1n) is 8.40. The Labute approximate surface area is 156 Å². The number of carbonyl (C=O) groups is 2. The predicted octanol–water partition coefficient (Wildman–Crippen LogP) is 1.89. The van der Waals surface area contributed by atoms with E-state index >= 15 is 0 Å². The number of carboxylic acid groups (broad SMARTS) is 1. The van der Waals surface area contributed by atoms with Crippen molar-refractivity contribution in [2.45, 2.75) is 33.2 Å². The highest BCUT2D eigenvalue weighted by molar-refractivity contribution is 5.91. The number of amides is 1. The predicted molar refractivity (Wildman–Crippen MR) is 98.4 cm³/mol. The first-order chi connectivity index (χ1) is 12.7. The van der Waals surface area contributed by atoms with E-state index in [2.05, 4.69) is 5.32 Å². The van der Waals surface area contributed by atoms with Crippen molar-refractivity contribution in [2.75, 3.05) is 14.2 Å². The molecule has 2 rings (SSSR count). The summed E-state index contributed by atoms with van der Waals surface area (Å²) in [5.41, 5.74) is 0.300. The molecule has 1 aromatic heterocycles. The molecule has 2 N–H and O–H groups in total. The van der Waals surface area contributed by atoms with Gasteiger partial charge in [-0.05, 0) is 18.4 Å². The van der Waals surface area contributed by atoms with E-state index in [9.17, 15) is 19.5 Å². The van der Waals surface area contributed by atoms with Crippen LogP contribution in [-0.4, -0.2) is 37.2 Å². The number of aryl methyl sites for hydroxylation is 1. The van der Waals surface area contributed by atoms with Crippen molar-refractivity contribution < 1.29 is 28.6 Å². The summed E-state index contributed by atoms with van der Waals surface area (Å²) in [4.78, 5) is 36.0. The first-order valence-corrected chi connectivity index (χ1v) is 8.40. The third-order valence-electron chi connectivity index (χ3n) is 4.36. The number of hydrogen-bond acceptors (Lipinski definition) is 6. The molecule has 0 aliphatic heterocycles. The third kappa shape index (κ3) is 4.21. The van der Waals surface area contributed by atoms with Gasteiger partial charge in [0.25, 0.3) is 0 Å². The number of fused-ring (bicyclic) bond motifs is 1. The van der Waals surface area contributed by atoms with Crippen molar-refractivity contribution in [3.8, 4) is 11.5 Å². The minimum absolute atomic E-state index is 0.149. The molecule has 0 aliphatic rings. The summed E-state index contributed by atoms with van der Waals surface area (Å²) < 4.78 is 15.9. The van der Waals surface area contributed by atoms with E-state index in [-0.39, 0.29) is 23.5 Å². The van der Waals surface area contributed by atoms with Gasteiger partial charge in [-0.15, -0.1) is 0 Å². The molecule has 2 aromatic rings. The molecule has 0 saturated carbocycles. The maximum absolute atomic E-state index is 12.4. The quantitative estimate of drug-likeness (QED) is 0.708. The lowest BCUT2D eigenvalue weighted by Gasteiger charge is -2.18. The fraction of sp³-hybridized carbons (Fsp3) is 0.421. The maximum Gasteiger partial charge on any atom is 0.340 e. The third-order valence-corrected chi connectivity index (χ3v) is 4.36. The van der Waals surface area contributed by atoms with Crippen molar-refractivity contribution >= 4 is 22.8 Å². The molecule has 0 fully saturated rings. The molecule has 1 aromatic carbocycles. The van der Waals surface area contributed by atoms with E-state index in [4.69, 9.17) is 13.9 Å². The van der Waals surface area contributed by atoms with Crippen molar-refractivity contribution in [3.63, 3.8) is 0 Å². The zero-order valence-electron chi connectivity index (χ0n) is 15.9. The van der Waals surface area contributed by atoms with Crippen LogP contribution in [0.4, 0.5) is 0 Å². The van der Waals surface area contributed by atoms with Gasteiger partial charge in [-0.3, -0.25) is 4.79 Å². The van der Waals surface area contributed by atoms with Crippen LogP contribution in [0.3, 0.4) is 0 Å². The summed E-state index contributed by atoms with van der Waals surface area (Å²) in [6.45, 7) is 5.06. The lowest BCUT2D eigenvalue weighted by Crippen LogP contribution is -2.45. The molecule has 8 nitrogen and oxygen atoms in total. The largest absolute Gasteiger partial charge is 0.496 e. The molecule has 1 amide bonds. The van der Waals surface area contributed by atoms with Gasteiger partial charge in [0.2, 0.25) is 5.91 Å². The molecule has 1 atom stereocenters. The Kier molecular flexibility index (Phi) is 6.09. The molecule has 1 heterocycles. The molecule has 0 radical (unpaired) electrons. The molecule has 0 saturated heterocycles. The van der Waals surface area contributed by atoms with Crippen LogP contribution in [0.1, 0.15) is 25.0 Å². The van der Waals surface area contributed by atoms with Gasteiger partial charge in [0, 0.05) is 12.1 Å². The Hall–Kier alpha value is -3.03. The average Bonchev–Trinajstić information content (AvgIpc) is 2.61. The Morgan fingerprint density at radius 3 is 2.41 bits per heavy atom. The number of carboxylic acids is 1. The summed E-state index contributed by atoms with van der Waals surface area (Å²) in [5.74, 6) is -1.09. The lowest BCUT2D eigenvalue weighted by molar-refractivity contribution is -0.143. The van der Waals surface area contributed by atoms with Gasteiger partial charge >= 0.3 is 11.6 Å². The number of nitrogens with one attached hydrogen (secondary N) is 1. The number of ether oxygens (including phenoxy) is 2. The fourth-order valence-electron chi connectivity index (χ4n) is 2.86. The van der Waals surface area contributed by atoms with Crippen LogP contribution in [0.2, 0.25) is 0 Å². The van der Waals surface area contributed by atoms with Crippen LogP contribution in [0, 0.1) is 12.8 Å². The van der Waals surface area contributed by atoms with Crippen LogP contribution < -0.4 is 20.4 Å². The molecule has 1 unspecified atom stereocenters. The monoisotopic (exact) mass is 377 g/mol. The first kappa shape index (κ1) is 20.3. The van der Waals surface area contributed by atoms with Crippen LogP contribution in [-0.2, 0) is 16.0 Å². The van der Waals surface area contributed by atoms with Gasteiger partial charge in [0.1, 0.15) is 23.1 Å². The van der Waals surface area contributed by atoms with Crippen molar-refractivity contribution in [1.29, 1.82) is 0 Å². The van der Waals surface area contributed by atoms with E-state index in [1.54, 1.807) is 32.9 Å². The second kappa shape index (κ2) is 8.11. The van der Waals surface area contributed by atoms with E-state index < -0.39 is 23.5 Å². The molecule has 0 aliphatic carbocycles. The van der Waals surface area contributed by atoms with Crippen LogP contribution in [0.5, 0.6) is 11.5 Å². The van der Waals surface area contributed by atoms with Crippen molar-refractivity contribution in [3.05, 3.63) is 33.7 Å². The minimum Gasteiger partial charge on any atom is -0.496 e. The van der Waals surface area contributed by atoms with E-state index in [0.717, 1.165) is 0 Å². The zero-order valence-corrected chi connectivity index (χ0v) is 15.9. The summed E-state index contributed by atoms with van der Waals surface area (Å²) >= 11 is 0. The van der Waals surface area contributed by atoms with Gasteiger partial charge in [-0.2, -0.15) is 0 Å². The summed E-state index contributed by atoms with van der Waals surface area (Å²) in [6, 6.07) is 2.18. The van der Waals surface area contributed by atoms with Gasteiger partial charge in [0.15, 0.2) is 0 Å². The Morgan fingerprint density at radius 2 is 1.89 bits per heavy atom. The molecular weight excluding hydrogens is 354 g/mol. The molecule has 0 bridgehead atoms. The average molecular weight is 377 g/mol. The van der Waals surface area contributed by atoms with Crippen molar-refractivity contribution in [2.24, 2.45) is 5.92 Å². The summed E-state index contributed by atoms with van der Waals surface area (Å²) in [5, 5.41) is 12.2. The lowest BCUT2D eigenvalue weighted by atomic mass is 10.0. The summed E-state index contributed by atoms with van der Waals surface area (Å²) in [7, 11) is 2.96. The number of methoxy groups -OCH3 is 2. The van der Waals surface area contributed by atoms with Gasteiger partial charge in [0.05, 0.1) is 31.6 Å². The fourth-order valence-corrected chi connectivity index (χ4v) is 2.86. The highest BCUT2D eigenvalue weighted by atomic mass is 16.5. The van der Waals surface area contributed by atoms with E-state index in [0.29, 0.717) is 22.4 Å². The molecule has 8 heteroatoms. The maximum atomic E-state index is 12.4. The number of carbonyl (C=O) groups excluding carboxylic acids is 1. The Morgan fingerprint density at radius 1 is 1.22 bits per heavy atom. The highest BCUT2D eigenvalue weighted by Gasteiger charge is 2.25. The van der Waals surface area contributed by atoms with Crippen LogP contribution in [0.15, 0.2) is 21.3 Å². The smallest absolute Gasteiger partial charge is 0.340 e. The number of rotatable bonds is 7. The number of benzene rings is 1. The second-order valence-electron chi connectivity index (χ2n) is 6.50. The number of hydrogen-bond donors (Lipinski definition) is 2. The van der Waals surface area contributed by atoms with Gasteiger partial charge in [-0.25, -0.2) is 9.59 Å². The minimum atomic E-state index is -1.13. The van der Waals surface area contributed by atoms with Crippen molar-refractivity contribution in [1.82, 2.24) is 5.32 Å². The SMILES string of the molecule is COc1cc(OC)c2c(C)c(CC(=O)NC(C(=O)O)C(C)C)c(=O)oc2c1. The molecule has 0 spiro atoms. The molecule has 27 heavy (non-hydrogen) atoms. The second-order valence-corrected chi connectivity index (χ2v) is 6.50. The van der Waals surface area contributed by atoms with Crippen LogP contribution >= 0.6 is 0 Å². The Balaban J connectivity index is 2.46. The topological polar surface area (TPSA) is 115 Å². The van der Waals surface area contributed by atoms with E-state index in [1.807, 2.05) is 0 Å². The van der Waals surface area contributed by atoms with Gasteiger partial charge in [-0.1, -0.05) is 13.8 Å². The van der Waals surface area contributed by atoms with E-state index in [1.165, 1.54) is 14.2 Å². The Bertz CT molecular complexity index is 930. The number of aliphatic carboxylic acids is 1. The normalized spacial score (nSPS) is 12.1. The molecular formula is C19H23NO7. The summed E-state index contributed by atoms with van der Waals surface area (Å²) in [6.07, 6.45) is -0.296. The van der Waals surface area contributed by atoms with Gasteiger partial charge < -0.3 is 24.3 Å². The zero-order chi connectivity index (χ0) is 20.3. The molecule has 146 valence electrons. The highest BCUT2D eigenvalue weighted by Crippen LogP contribution is 2.33. The standard InChI is InChI=1S/C19H23NO7/c1-9(2)17(18(22)23)20-15(21)8-12-10(3)16-13(26-5)6-11(25-4)7-14(16)27-19(12)24/h6-7,9,17H,8H2,1-5H3,(H,20,21)(H,22,23). The van der Waals surface area contributed by atoms with Crippen LogP contribution in [0.25, 0.3) is 11.0 Å².